The van der Waals surface area contributed by atoms with Gasteiger partial charge in [-0.1, -0.05) is 6.07 Å². The molecule has 3 nitrogen and oxygen atoms in total. The highest BCUT2D eigenvalue weighted by Crippen LogP contribution is 2.24. The Morgan fingerprint density at radius 2 is 2.14 bits per heavy atom. The molecular formula is C10H6N2OS. The van der Waals surface area contributed by atoms with E-state index in [4.69, 9.17) is 5.26 Å². The Balaban J connectivity index is 2.50. The molecule has 2 aromatic heterocycles. The van der Waals surface area contributed by atoms with Crippen LogP contribution in [-0.2, 0) is 0 Å². The van der Waals surface area contributed by atoms with Crippen molar-refractivity contribution >= 4 is 11.3 Å². The number of aromatic nitrogens is 1. The number of nitrogens with one attached hydrogen (secondary N) is 1. The first-order chi connectivity index (χ1) is 6.79. The Bertz CT molecular complexity index is 547. The lowest BCUT2D eigenvalue weighted by atomic mass is 10.3. The van der Waals surface area contributed by atoms with E-state index in [1.165, 1.54) is 17.4 Å². The van der Waals surface area contributed by atoms with Gasteiger partial charge in [0.05, 0.1) is 10.6 Å². The zero-order valence-corrected chi connectivity index (χ0v) is 7.97. The molecule has 68 valence electrons. The van der Waals surface area contributed by atoms with Crippen LogP contribution in [0.5, 0.6) is 0 Å². The maximum atomic E-state index is 11.0. The van der Waals surface area contributed by atoms with Gasteiger partial charge in [-0.25, -0.2) is 0 Å². The quantitative estimate of drug-likeness (QED) is 0.768. The molecule has 0 atom stereocenters. The van der Waals surface area contributed by atoms with Gasteiger partial charge in [0.15, 0.2) is 0 Å². The van der Waals surface area contributed by atoms with Gasteiger partial charge in [0, 0.05) is 6.07 Å². The van der Waals surface area contributed by atoms with Crippen LogP contribution in [0.2, 0.25) is 0 Å². The van der Waals surface area contributed by atoms with Crippen molar-refractivity contribution in [3.63, 3.8) is 0 Å². The summed E-state index contributed by atoms with van der Waals surface area (Å²) in [6.07, 6.45) is 0. The molecule has 0 bridgehead atoms. The molecule has 2 heterocycles. The summed E-state index contributed by atoms with van der Waals surface area (Å²) in [7, 11) is 0. The van der Waals surface area contributed by atoms with E-state index in [0.29, 0.717) is 4.88 Å². The second-order valence-electron chi connectivity index (χ2n) is 2.70. The zero-order valence-electron chi connectivity index (χ0n) is 7.15. The van der Waals surface area contributed by atoms with Crippen LogP contribution >= 0.6 is 11.3 Å². The summed E-state index contributed by atoms with van der Waals surface area (Å²) in [4.78, 5) is 15.3. The second kappa shape index (κ2) is 3.48. The van der Waals surface area contributed by atoms with Gasteiger partial charge >= 0.3 is 0 Å². The van der Waals surface area contributed by atoms with E-state index in [1.807, 2.05) is 12.1 Å². The van der Waals surface area contributed by atoms with E-state index in [2.05, 4.69) is 11.1 Å². The van der Waals surface area contributed by atoms with Crippen LogP contribution < -0.4 is 5.56 Å². The molecule has 0 aromatic carbocycles. The fraction of sp³-hybridized carbons (Fsp3) is 0. The molecule has 2 aromatic rings. The van der Waals surface area contributed by atoms with Crippen LogP contribution in [0, 0.1) is 11.3 Å². The molecule has 0 radical (unpaired) electrons. The average molecular weight is 202 g/mol. The second-order valence-corrected chi connectivity index (χ2v) is 3.79. The maximum absolute atomic E-state index is 11.0. The molecule has 0 aliphatic rings. The van der Waals surface area contributed by atoms with Crippen LogP contribution in [0.25, 0.3) is 10.6 Å². The Labute approximate surface area is 84.3 Å². The number of H-pyrrole nitrogens is 1. The third-order valence-corrected chi connectivity index (χ3v) is 2.77. The topological polar surface area (TPSA) is 56.6 Å². The molecule has 0 spiro atoms. The van der Waals surface area contributed by atoms with Crippen molar-refractivity contribution in [1.29, 1.82) is 5.26 Å². The average Bonchev–Trinajstić information content (AvgIpc) is 2.66. The lowest BCUT2D eigenvalue weighted by molar-refractivity contribution is 1.25. The first-order valence-electron chi connectivity index (χ1n) is 3.99. The van der Waals surface area contributed by atoms with E-state index in [9.17, 15) is 4.79 Å². The van der Waals surface area contributed by atoms with Gasteiger partial charge in [-0.2, -0.15) is 5.26 Å². The molecule has 0 saturated heterocycles. The molecule has 0 saturated carbocycles. The summed E-state index contributed by atoms with van der Waals surface area (Å²) in [5.74, 6) is 0. The lowest BCUT2D eigenvalue weighted by Crippen LogP contribution is -2.02. The largest absolute Gasteiger partial charge is 0.321 e. The SMILES string of the molecule is N#Cc1ccc(-c2cccc(=O)[nH]2)s1. The van der Waals surface area contributed by atoms with E-state index >= 15 is 0 Å². The summed E-state index contributed by atoms with van der Waals surface area (Å²) in [5, 5.41) is 8.64. The summed E-state index contributed by atoms with van der Waals surface area (Å²) in [6, 6.07) is 10.6. The van der Waals surface area contributed by atoms with Crippen molar-refractivity contribution in [3.05, 3.63) is 45.6 Å². The van der Waals surface area contributed by atoms with Crippen molar-refractivity contribution in [2.24, 2.45) is 0 Å². The van der Waals surface area contributed by atoms with E-state index < -0.39 is 0 Å². The smallest absolute Gasteiger partial charge is 0.248 e. The molecule has 0 aliphatic carbocycles. The molecule has 0 fully saturated rings. The van der Waals surface area contributed by atoms with Crippen molar-refractivity contribution < 1.29 is 0 Å². The summed E-state index contributed by atoms with van der Waals surface area (Å²) in [5.41, 5.74) is 0.624. The van der Waals surface area contributed by atoms with Crippen LogP contribution in [0.1, 0.15) is 4.88 Å². The van der Waals surface area contributed by atoms with Crippen LogP contribution in [0.3, 0.4) is 0 Å². The lowest BCUT2D eigenvalue weighted by Gasteiger charge is -1.94. The molecule has 2 rings (SSSR count). The van der Waals surface area contributed by atoms with E-state index in [-0.39, 0.29) is 5.56 Å². The number of nitrogens with zero attached hydrogens (tertiary/aromatic N) is 1. The predicted molar refractivity (Wildman–Crippen MR) is 55.1 cm³/mol. The van der Waals surface area contributed by atoms with Crippen LogP contribution in [-0.4, -0.2) is 4.98 Å². The Kier molecular flexibility index (Phi) is 2.17. The molecule has 1 N–H and O–H groups in total. The predicted octanol–water partition coefficient (Wildman–Crippen LogP) is 1.98. The Morgan fingerprint density at radius 3 is 2.79 bits per heavy atom. The number of pyridine rings is 1. The minimum atomic E-state index is -0.130. The number of rotatable bonds is 1. The number of thiophene rings is 1. The molecule has 14 heavy (non-hydrogen) atoms. The molecular weight excluding hydrogens is 196 g/mol. The third kappa shape index (κ3) is 1.58. The number of nitriles is 1. The Morgan fingerprint density at radius 1 is 1.29 bits per heavy atom. The summed E-state index contributed by atoms with van der Waals surface area (Å²) in [6.45, 7) is 0. The van der Waals surface area contributed by atoms with E-state index in [1.54, 1.807) is 12.1 Å². The van der Waals surface area contributed by atoms with Crippen molar-refractivity contribution in [2.75, 3.05) is 0 Å². The van der Waals surface area contributed by atoms with Gasteiger partial charge in [0.2, 0.25) is 5.56 Å². The zero-order chi connectivity index (χ0) is 9.97. The molecule has 0 unspecified atom stereocenters. The van der Waals surface area contributed by atoms with Gasteiger partial charge < -0.3 is 4.98 Å². The van der Waals surface area contributed by atoms with Gasteiger partial charge in [-0.3, -0.25) is 4.79 Å². The number of hydrogen-bond donors (Lipinski definition) is 1. The third-order valence-electron chi connectivity index (χ3n) is 1.75. The highest BCUT2D eigenvalue weighted by atomic mass is 32.1. The molecule has 4 heteroatoms. The van der Waals surface area contributed by atoms with Crippen LogP contribution in [0.15, 0.2) is 35.1 Å². The summed E-state index contributed by atoms with van der Waals surface area (Å²) >= 11 is 1.36. The minimum Gasteiger partial charge on any atom is -0.321 e. The normalized spacial score (nSPS) is 9.64. The minimum absolute atomic E-state index is 0.130. The maximum Gasteiger partial charge on any atom is 0.248 e. The summed E-state index contributed by atoms with van der Waals surface area (Å²) < 4.78 is 0. The van der Waals surface area contributed by atoms with Gasteiger partial charge in [-0.05, 0) is 18.2 Å². The molecule has 0 aliphatic heterocycles. The van der Waals surface area contributed by atoms with Crippen molar-refractivity contribution in [3.8, 4) is 16.6 Å². The molecule has 0 amide bonds. The Hall–Kier alpha value is -1.86. The van der Waals surface area contributed by atoms with Gasteiger partial charge in [0.1, 0.15) is 10.9 Å². The fourth-order valence-corrected chi connectivity index (χ4v) is 1.92. The fourth-order valence-electron chi connectivity index (χ4n) is 1.13. The van der Waals surface area contributed by atoms with E-state index in [0.717, 1.165) is 10.6 Å². The highest BCUT2D eigenvalue weighted by molar-refractivity contribution is 7.15. The highest BCUT2D eigenvalue weighted by Gasteiger charge is 2.02. The first-order valence-corrected chi connectivity index (χ1v) is 4.81. The monoisotopic (exact) mass is 202 g/mol. The number of hydrogen-bond acceptors (Lipinski definition) is 3. The van der Waals surface area contributed by atoms with Gasteiger partial charge in [-0.15, -0.1) is 11.3 Å². The van der Waals surface area contributed by atoms with Crippen LogP contribution in [0.4, 0.5) is 0 Å². The number of aromatic amines is 1. The van der Waals surface area contributed by atoms with Crippen molar-refractivity contribution in [2.45, 2.75) is 0 Å². The van der Waals surface area contributed by atoms with Gasteiger partial charge in [0.25, 0.3) is 0 Å². The first kappa shape index (κ1) is 8.73. The van der Waals surface area contributed by atoms with Crippen molar-refractivity contribution in [1.82, 2.24) is 4.98 Å². The standard InChI is InChI=1S/C10H6N2OS/c11-6-7-4-5-9(14-7)8-2-1-3-10(13)12-8/h1-5H,(H,12,13).